The van der Waals surface area contributed by atoms with Crippen LogP contribution in [0.2, 0.25) is 0 Å². The Hall–Kier alpha value is -1.90. The molecule has 1 aromatic carbocycles. The van der Waals surface area contributed by atoms with Gasteiger partial charge >= 0.3 is 0 Å². The molecule has 3 rings (SSSR count). The van der Waals surface area contributed by atoms with Crippen molar-refractivity contribution >= 4 is 10.0 Å². The van der Waals surface area contributed by atoms with Gasteiger partial charge in [-0.3, -0.25) is 0 Å². The van der Waals surface area contributed by atoms with Crippen LogP contribution in [0.1, 0.15) is 12.8 Å². The Morgan fingerprint density at radius 1 is 1.38 bits per heavy atom. The smallest absolute Gasteiger partial charge is 0.246 e. The first kappa shape index (κ1) is 16.9. The van der Waals surface area contributed by atoms with Crippen molar-refractivity contribution in [3.63, 3.8) is 0 Å². The van der Waals surface area contributed by atoms with Crippen LogP contribution < -0.4 is 10.1 Å². The monoisotopic (exact) mass is 350 g/mol. The first-order valence-corrected chi connectivity index (χ1v) is 9.36. The van der Waals surface area contributed by atoms with Crippen molar-refractivity contribution in [3.05, 3.63) is 36.7 Å². The number of rotatable bonds is 6. The quantitative estimate of drug-likeness (QED) is 0.849. The molecule has 0 saturated carbocycles. The number of para-hydroxylation sites is 2. The van der Waals surface area contributed by atoms with E-state index < -0.39 is 10.0 Å². The number of nitrogens with zero attached hydrogens (tertiary/aromatic N) is 3. The lowest BCUT2D eigenvalue weighted by Gasteiger charge is -2.23. The molecule has 1 fully saturated rings. The lowest BCUT2D eigenvalue weighted by atomic mass is 10.2. The fraction of sp³-hybridized carbons (Fsp3) is 0.438. The summed E-state index contributed by atoms with van der Waals surface area (Å²) < 4.78 is 34.3. The van der Waals surface area contributed by atoms with E-state index in [1.165, 1.54) is 10.9 Å². The Morgan fingerprint density at radius 2 is 2.17 bits per heavy atom. The summed E-state index contributed by atoms with van der Waals surface area (Å²) >= 11 is 0. The molecule has 0 amide bonds. The Morgan fingerprint density at radius 3 is 2.92 bits per heavy atom. The third-order valence-corrected chi connectivity index (χ3v) is 6.17. The lowest BCUT2D eigenvalue weighted by Crippen LogP contribution is -2.40. The van der Waals surface area contributed by atoms with Gasteiger partial charge in [-0.15, -0.1) is 0 Å². The largest absolute Gasteiger partial charge is 0.494 e. The van der Waals surface area contributed by atoms with Gasteiger partial charge in [-0.05, 0) is 32.0 Å². The highest BCUT2D eigenvalue weighted by molar-refractivity contribution is 7.89. The fourth-order valence-corrected chi connectivity index (χ4v) is 4.72. The molecular weight excluding hydrogens is 328 g/mol. The molecule has 1 unspecified atom stereocenters. The zero-order valence-corrected chi connectivity index (χ0v) is 14.7. The summed E-state index contributed by atoms with van der Waals surface area (Å²) in [6.45, 7) is 1.20. The van der Waals surface area contributed by atoms with E-state index in [1.807, 2.05) is 31.3 Å². The zero-order valence-electron chi connectivity index (χ0n) is 13.8. The molecule has 8 heteroatoms. The van der Waals surface area contributed by atoms with Crippen molar-refractivity contribution < 1.29 is 13.2 Å². The molecule has 1 saturated heterocycles. The van der Waals surface area contributed by atoms with Crippen molar-refractivity contribution in [2.75, 3.05) is 27.2 Å². The molecule has 0 bridgehead atoms. The van der Waals surface area contributed by atoms with Crippen molar-refractivity contribution in [1.29, 1.82) is 0 Å². The summed E-state index contributed by atoms with van der Waals surface area (Å²) in [4.78, 5) is 0.205. The predicted molar refractivity (Wildman–Crippen MR) is 91.0 cm³/mol. The van der Waals surface area contributed by atoms with Crippen LogP contribution >= 0.6 is 0 Å². The second-order valence-corrected chi connectivity index (χ2v) is 7.65. The van der Waals surface area contributed by atoms with Crippen LogP contribution in [0, 0.1) is 0 Å². The summed E-state index contributed by atoms with van der Waals surface area (Å²) in [6.07, 6.45) is 4.70. The SMILES string of the molecule is CNCC1CCCN1S(=O)(=O)c1cnn(-c2ccccc2OC)c1. The number of sulfonamides is 1. The fourth-order valence-electron chi connectivity index (χ4n) is 3.09. The van der Waals surface area contributed by atoms with Gasteiger partial charge in [-0.25, -0.2) is 13.1 Å². The standard InChI is InChI=1S/C16H22N4O3S/c1-17-10-13-6-5-9-20(13)24(21,22)14-11-18-19(12-14)15-7-3-4-8-16(15)23-2/h3-4,7-8,11-13,17H,5-6,9-10H2,1-2H3. The van der Waals surface area contributed by atoms with E-state index in [-0.39, 0.29) is 10.9 Å². The highest BCUT2D eigenvalue weighted by Gasteiger charge is 2.35. The Kier molecular flexibility index (Phi) is 4.88. The molecule has 1 aromatic heterocycles. The average molecular weight is 350 g/mol. The molecule has 130 valence electrons. The van der Waals surface area contributed by atoms with E-state index in [2.05, 4.69) is 10.4 Å². The van der Waals surface area contributed by atoms with Crippen molar-refractivity contribution in [2.45, 2.75) is 23.8 Å². The Bertz CT molecular complexity index is 803. The Labute approximate surface area is 142 Å². The molecule has 1 aliphatic rings. The molecule has 7 nitrogen and oxygen atoms in total. The van der Waals surface area contributed by atoms with E-state index in [4.69, 9.17) is 4.74 Å². The first-order chi connectivity index (χ1) is 11.6. The van der Waals surface area contributed by atoms with E-state index >= 15 is 0 Å². The topological polar surface area (TPSA) is 76.5 Å². The number of ether oxygens (including phenoxy) is 1. The van der Waals surface area contributed by atoms with Gasteiger partial charge in [-0.2, -0.15) is 9.40 Å². The second kappa shape index (κ2) is 6.92. The van der Waals surface area contributed by atoms with E-state index in [0.29, 0.717) is 24.5 Å². The highest BCUT2D eigenvalue weighted by Crippen LogP contribution is 2.27. The van der Waals surface area contributed by atoms with E-state index in [9.17, 15) is 8.42 Å². The number of hydrogen-bond donors (Lipinski definition) is 1. The van der Waals surface area contributed by atoms with Crippen LogP contribution in [0.3, 0.4) is 0 Å². The number of nitrogens with one attached hydrogen (secondary N) is 1. The summed E-state index contributed by atoms with van der Waals surface area (Å²) in [7, 11) is -0.136. The van der Waals surface area contributed by atoms with Crippen molar-refractivity contribution in [1.82, 2.24) is 19.4 Å². The molecule has 1 N–H and O–H groups in total. The minimum Gasteiger partial charge on any atom is -0.494 e. The van der Waals surface area contributed by atoms with E-state index in [1.54, 1.807) is 17.6 Å². The molecule has 2 heterocycles. The van der Waals surface area contributed by atoms with Crippen LogP contribution in [-0.4, -0.2) is 55.8 Å². The van der Waals surface area contributed by atoms with Crippen molar-refractivity contribution in [3.8, 4) is 11.4 Å². The number of aromatic nitrogens is 2. The maximum absolute atomic E-state index is 12.9. The average Bonchev–Trinajstić information content (AvgIpc) is 3.25. The normalized spacial score (nSPS) is 18.8. The molecule has 0 aliphatic carbocycles. The number of likely N-dealkylation sites (N-methyl/N-ethyl adjacent to an activating group) is 1. The molecule has 24 heavy (non-hydrogen) atoms. The van der Waals surface area contributed by atoms with Crippen LogP contribution in [-0.2, 0) is 10.0 Å². The lowest BCUT2D eigenvalue weighted by molar-refractivity contribution is 0.379. The zero-order chi connectivity index (χ0) is 17.2. The van der Waals surface area contributed by atoms with Gasteiger partial charge in [0.15, 0.2) is 0 Å². The number of benzene rings is 1. The van der Waals surface area contributed by atoms with Gasteiger partial charge in [0.25, 0.3) is 0 Å². The van der Waals surface area contributed by atoms with Gasteiger partial charge in [0.2, 0.25) is 10.0 Å². The minimum atomic E-state index is -3.55. The van der Waals surface area contributed by atoms with E-state index in [0.717, 1.165) is 12.8 Å². The van der Waals surface area contributed by atoms with Crippen LogP contribution in [0.4, 0.5) is 0 Å². The molecule has 1 atom stereocenters. The molecular formula is C16H22N4O3S. The van der Waals surface area contributed by atoms with Gasteiger partial charge < -0.3 is 10.1 Å². The maximum Gasteiger partial charge on any atom is 0.246 e. The van der Waals surface area contributed by atoms with Gasteiger partial charge in [0.1, 0.15) is 16.3 Å². The predicted octanol–water partition coefficient (Wildman–Crippen LogP) is 1.25. The molecule has 1 aliphatic heterocycles. The Balaban J connectivity index is 1.92. The van der Waals surface area contributed by atoms with Crippen LogP contribution in [0.5, 0.6) is 5.75 Å². The van der Waals surface area contributed by atoms with Crippen molar-refractivity contribution in [2.24, 2.45) is 0 Å². The van der Waals surface area contributed by atoms with Gasteiger partial charge in [-0.1, -0.05) is 12.1 Å². The summed E-state index contributed by atoms with van der Waals surface area (Å²) in [6, 6.07) is 7.36. The summed E-state index contributed by atoms with van der Waals surface area (Å²) in [5.41, 5.74) is 0.703. The van der Waals surface area contributed by atoms with Gasteiger partial charge in [0.05, 0.1) is 19.5 Å². The van der Waals surface area contributed by atoms with Gasteiger partial charge in [0, 0.05) is 19.1 Å². The highest BCUT2D eigenvalue weighted by atomic mass is 32.2. The minimum absolute atomic E-state index is 0.00499. The number of methoxy groups -OCH3 is 1. The third-order valence-electron chi connectivity index (χ3n) is 4.26. The number of hydrogen-bond acceptors (Lipinski definition) is 5. The summed E-state index contributed by atoms with van der Waals surface area (Å²) in [5, 5.41) is 7.28. The second-order valence-electron chi connectivity index (χ2n) is 5.76. The third kappa shape index (κ3) is 3.04. The van der Waals surface area contributed by atoms with Crippen LogP contribution in [0.15, 0.2) is 41.6 Å². The first-order valence-electron chi connectivity index (χ1n) is 7.92. The summed E-state index contributed by atoms with van der Waals surface area (Å²) in [5.74, 6) is 0.638. The van der Waals surface area contributed by atoms with Crippen LogP contribution in [0.25, 0.3) is 5.69 Å². The molecule has 0 radical (unpaired) electrons. The maximum atomic E-state index is 12.9. The molecule has 0 spiro atoms. The molecule has 2 aromatic rings.